The van der Waals surface area contributed by atoms with Crippen molar-refractivity contribution in [2.75, 3.05) is 26.2 Å². The Hall–Kier alpha value is -0.830. The van der Waals surface area contributed by atoms with Gasteiger partial charge >= 0.3 is 0 Å². The first-order valence-corrected chi connectivity index (χ1v) is 8.42. The van der Waals surface area contributed by atoms with Crippen LogP contribution in [0.5, 0.6) is 0 Å². The van der Waals surface area contributed by atoms with Crippen molar-refractivity contribution in [3.05, 3.63) is 12.2 Å². The molecule has 116 valence electrons. The molecule has 1 aliphatic heterocycles. The topological polar surface area (TPSA) is 35.8 Å². The summed E-state index contributed by atoms with van der Waals surface area (Å²) in [4.78, 5) is 6.74. The minimum Gasteiger partial charge on any atom is -0.395 e. The third-order valence-corrected chi connectivity index (χ3v) is 3.81. The third kappa shape index (κ3) is 7.68. The molecule has 0 saturated heterocycles. The molecule has 0 unspecified atom stereocenters. The van der Waals surface area contributed by atoms with Crippen molar-refractivity contribution in [2.45, 2.75) is 64.7 Å². The Kier molecular flexibility index (Phi) is 10.3. The number of allylic oxidation sites excluding steroid dienone is 2. The molecule has 3 heteroatoms. The molecule has 0 radical (unpaired) electrons. The maximum atomic E-state index is 8.98. The predicted molar refractivity (Wildman–Crippen MR) is 87.3 cm³/mol. The van der Waals surface area contributed by atoms with E-state index in [1.807, 2.05) is 0 Å². The van der Waals surface area contributed by atoms with Crippen LogP contribution in [0, 0.1) is 0 Å². The zero-order chi connectivity index (χ0) is 14.5. The van der Waals surface area contributed by atoms with E-state index in [0.29, 0.717) is 0 Å². The Balaban J connectivity index is 1.96. The van der Waals surface area contributed by atoms with Crippen LogP contribution in [0.1, 0.15) is 64.7 Å². The minimum atomic E-state index is 0.233. The lowest BCUT2D eigenvalue weighted by atomic mass is 10.1. The maximum Gasteiger partial charge on any atom is 0.0991 e. The molecule has 3 nitrogen and oxygen atoms in total. The molecule has 0 aromatic rings. The number of hydrogen-bond donors (Lipinski definition) is 1. The molecule has 0 aromatic carbocycles. The maximum absolute atomic E-state index is 8.98. The fraction of sp³-hybridized carbons (Fsp3) is 0.824. The fourth-order valence-electron chi connectivity index (χ4n) is 2.61. The average molecular weight is 280 g/mol. The van der Waals surface area contributed by atoms with E-state index >= 15 is 0 Å². The first kappa shape index (κ1) is 17.2. The number of aliphatic hydroxyl groups is 1. The van der Waals surface area contributed by atoms with Crippen molar-refractivity contribution in [1.82, 2.24) is 4.90 Å². The monoisotopic (exact) mass is 280 g/mol. The highest BCUT2D eigenvalue weighted by molar-refractivity contribution is 5.83. The molecular weight excluding hydrogens is 248 g/mol. The van der Waals surface area contributed by atoms with E-state index in [2.05, 4.69) is 29.0 Å². The Morgan fingerprint density at radius 3 is 2.60 bits per heavy atom. The summed E-state index contributed by atoms with van der Waals surface area (Å²) in [7, 11) is 0. The summed E-state index contributed by atoms with van der Waals surface area (Å²) in [6, 6.07) is 0. The van der Waals surface area contributed by atoms with E-state index in [0.717, 1.165) is 32.5 Å². The summed E-state index contributed by atoms with van der Waals surface area (Å²) in [6.45, 7) is 5.13. The van der Waals surface area contributed by atoms with E-state index < -0.39 is 0 Å². The highest BCUT2D eigenvalue weighted by Crippen LogP contribution is 2.10. The Morgan fingerprint density at radius 1 is 1.10 bits per heavy atom. The van der Waals surface area contributed by atoms with Gasteiger partial charge in [-0.2, -0.15) is 0 Å². The zero-order valence-electron chi connectivity index (χ0n) is 13.2. The van der Waals surface area contributed by atoms with Gasteiger partial charge in [0, 0.05) is 19.5 Å². The van der Waals surface area contributed by atoms with Gasteiger partial charge in [0.05, 0.1) is 19.0 Å². The number of rotatable bonds is 12. The normalized spacial score (nSPS) is 15.3. The quantitative estimate of drug-likeness (QED) is 0.436. The van der Waals surface area contributed by atoms with Crippen molar-refractivity contribution in [3.8, 4) is 0 Å². The highest BCUT2D eigenvalue weighted by Gasteiger charge is 2.14. The second-order valence-electron chi connectivity index (χ2n) is 5.58. The molecule has 20 heavy (non-hydrogen) atoms. The van der Waals surface area contributed by atoms with Gasteiger partial charge in [-0.25, -0.2) is 0 Å². The molecule has 1 rings (SSSR count). The van der Waals surface area contributed by atoms with Crippen LogP contribution in [-0.4, -0.2) is 42.1 Å². The van der Waals surface area contributed by atoms with Crippen molar-refractivity contribution in [1.29, 1.82) is 0 Å². The van der Waals surface area contributed by atoms with Crippen LogP contribution >= 0.6 is 0 Å². The molecule has 0 atom stereocenters. The molecule has 1 N–H and O–H groups in total. The highest BCUT2D eigenvalue weighted by atomic mass is 16.3. The van der Waals surface area contributed by atoms with Crippen LogP contribution in [0.15, 0.2) is 17.1 Å². The lowest BCUT2D eigenvalue weighted by molar-refractivity contribution is 0.255. The van der Waals surface area contributed by atoms with Gasteiger partial charge in [-0.1, -0.05) is 44.8 Å². The molecule has 1 aliphatic rings. The lowest BCUT2D eigenvalue weighted by Crippen LogP contribution is -2.30. The predicted octanol–water partition coefficient (Wildman–Crippen LogP) is 3.78. The lowest BCUT2D eigenvalue weighted by Gasteiger charge is -2.18. The number of β-amino-alcohol motifs (C(OH)–C–C–N with tert-alkyl or cyclic N) is 1. The summed E-state index contributed by atoms with van der Waals surface area (Å²) in [6.07, 6.45) is 16.1. The third-order valence-electron chi connectivity index (χ3n) is 3.81. The average Bonchev–Trinajstić information content (AvgIpc) is 2.89. The van der Waals surface area contributed by atoms with E-state index in [1.165, 1.54) is 50.8 Å². The fourth-order valence-corrected chi connectivity index (χ4v) is 2.61. The number of amidine groups is 1. The summed E-state index contributed by atoms with van der Waals surface area (Å²) >= 11 is 0. The van der Waals surface area contributed by atoms with Crippen LogP contribution in [0.25, 0.3) is 0 Å². The largest absolute Gasteiger partial charge is 0.395 e. The summed E-state index contributed by atoms with van der Waals surface area (Å²) in [5.41, 5.74) is 0. The zero-order valence-corrected chi connectivity index (χ0v) is 13.2. The Labute approximate surface area is 124 Å². The van der Waals surface area contributed by atoms with Gasteiger partial charge in [-0.3, -0.25) is 4.99 Å². The van der Waals surface area contributed by atoms with Gasteiger partial charge in [0.2, 0.25) is 0 Å². The number of aliphatic imine (C=N–C) groups is 1. The van der Waals surface area contributed by atoms with Crippen LogP contribution in [0.2, 0.25) is 0 Å². The summed E-state index contributed by atoms with van der Waals surface area (Å²) in [5.74, 6) is 1.20. The Morgan fingerprint density at radius 2 is 1.85 bits per heavy atom. The molecule has 0 aliphatic carbocycles. The first-order chi connectivity index (χ1) is 9.88. The molecule has 0 spiro atoms. The minimum absolute atomic E-state index is 0.233. The van der Waals surface area contributed by atoms with E-state index in [4.69, 9.17) is 5.11 Å². The van der Waals surface area contributed by atoms with Crippen molar-refractivity contribution in [2.24, 2.45) is 4.99 Å². The van der Waals surface area contributed by atoms with Crippen LogP contribution in [-0.2, 0) is 0 Å². The van der Waals surface area contributed by atoms with Gasteiger partial charge in [0.25, 0.3) is 0 Å². The van der Waals surface area contributed by atoms with E-state index in [-0.39, 0.29) is 6.61 Å². The van der Waals surface area contributed by atoms with Gasteiger partial charge in [-0.05, 0) is 25.7 Å². The van der Waals surface area contributed by atoms with Crippen LogP contribution in [0.3, 0.4) is 0 Å². The Bertz CT molecular complexity index is 287. The van der Waals surface area contributed by atoms with Crippen molar-refractivity contribution >= 4 is 5.84 Å². The number of hydrogen-bond acceptors (Lipinski definition) is 3. The second-order valence-corrected chi connectivity index (χ2v) is 5.58. The van der Waals surface area contributed by atoms with Crippen LogP contribution in [0.4, 0.5) is 0 Å². The molecule has 0 amide bonds. The number of aliphatic hydroxyl groups excluding tert-OH is 1. The molecule has 1 heterocycles. The molecule has 0 aromatic heterocycles. The molecule has 0 fully saturated rings. The van der Waals surface area contributed by atoms with Crippen molar-refractivity contribution < 1.29 is 5.11 Å². The SMILES string of the molecule is CCCCCCC/C=C/CCCC1=NCCN1CCO. The first-order valence-electron chi connectivity index (χ1n) is 8.42. The van der Waals surface area contributed by atoms with Gasteiger partial charge in [0.15, 0.2) is 0 Å². The van der Waals surface area contributed by atoms with Gasteiger partial charge in [-0.15, -0.1) is 0 Å². The van der Waals surface area contributed by atoms with Gasteiger partial charge < -0.3 is 10.0 Å². The van der Waals surface area contributed by atoms with E-state index in [1.54, 1.807) is 0 Å². The number of nitrogens with zero attached hydrogens (tertiary/aromatic N) is 2. The second kappa shape index (κ2) is 12.0. The van der Waals surface area contributed by atoms with Gasteiger partial charge in [0.1, 0.15) is 0 Å². The van der Waals surface area contributed by atoms with Crippen LogP contribution < -0.4 is 0 Å². The number of unbranched alkanes of at least 4 members (excludes halogenated alkanes) is 6. The molecule has 0 bridgehead atoms. The molecule has 0 saturated carbocycles. The summed E-state index contributed by atoms with van der Waals surface area (Å²) in [5, 5.41) is 8.98. The van der Waals surface area contributed by atoms with E-state index in [9.17, 15) is 0 Å². The summed E-state index contributed by atoms with van der Waals surface area (Å²) < 4.78 is 0. The standard InChI is InChI=1S/C17H32N2O/c1-2-3-4-5-6-7-8-9-10-11-12-17-18-13-14-19(17)15-16-20/h8-9,20H,2-7,10-16H2,1H3/b9-8+. The smallest absolute Gasteiger partial charge is 0.0991 e. The van der Waals surface area contributed by atoms with Crippen molar-refractivity contribution in [3.63, 3.8) is 0 Å². The molecular formula is C17H32N2O.